The van der Waals surface area contributed by atoms with E-state index in [9.17, 15) is 14.4 Å². The maximum absolute atomic E-state index is 11.5. The Labute approximate surface area is 134 Å². The van der Waals surface area contributed by atoms with Gasteiger partial charge < -0.3 is 13.9 Å². The molecule has 2 aromatic rings. The fourth-order valence-electron chi connectivity index (χ4n) is 1.87. The summed E-state index contributed by atoms with van der Waals surface area (Å²) >= 11 is 10.8. The fraction of sp³-hybridized carbons (Fsp3) is 0.214. The highest BCUT2D eigenvalue weighted by Gasteiger charge is 2.16. The molecule has 0 radical (unpaired) electrons. The van der Waals surface area contributed by atoms with Crippen LogP contribution in [0.5, 0.6) is 11.5 Å². The predicted octanol–water partition coefficient (Wildman–Crippen LogP) is 2.39. The quantitative estimate of drug-likeness (QED) is 0.366. The van der Waals surface area contributed by atoms with E-state index < -0.39 is 17.6 Å². The number of ether oxygens (including phenoxy) is 2. The first-order chi connectivity index (χ1) is 10.4. The molecule has 1 aromatic carbocycles. The number of esters is 2. The van der Waals surface area contributed by atoms with Crippen molar-refractivity contribution in [2.75, 3.05) is 11.8 Å². The molecule has 2 rings (SSSR count). The third-order valence-electron chi connectivity index (χ3n) is 2.65. The number of aryl methyl sites for hydroxylation is 1. The molecule has 6 nitrogen and oxygen atoms in total. The van der Waals surface area contributed by atoms with Gasteiger partial charge in [-0.05, 0) is 12.5 Å². The highest BCUT2D eigenvalue weighted by molar-refractivity contribution is 6.27. The van der Waals surface area contributed by atoms with Crippen molar-refractivity contribution in [2.24, 2.45) is 0 Å². The first kappa shape index (κ1) is 16.3. The molecule has 22 heavy (non-hydrogen) atoms. The zero-order valence-corrected chi connectivity index (χ0v) is 12.9. The van der Waals surface area contributed by atoms with Crippen LogP contribution in [0.15, 0.2) is 27.4 Å². The largest absolute Gasteiger partial charge is 0.425 e. The van der Waals surface area contributed by atoms with Crippen LogP contribution >= 0.6 is 23.2 Å². The molecule has 0 aliphatic heterocycles. The minimum Gasteiger partial charge on any atom is -0.425 e. The SMILES string of the molecule is Cc1cc(=O)oc2cc(OC(=O)CCl)cc(OC(=O)CCl)c12. The molecule has 0 fully saturated rings. The molecule has 0 unspecified atom stereocenters. The van der Waals surface area contributed by atoms with Crippen LogP contribution in [0.2, 0.25) is 0 Å². The molecule has 0 N–H and O–H groups in total. The number of rotatable bonds is 4. The number of hydrogen-bond acceptors (Lipinski definition) is 6. The van der Waals surface area contributed by atoms with Crippen LogP contribution in [0, 0.1) is 6.92 Å². The molecule has 8 heteroatoms. The summed E-state index contributed by atoms with van der Waals surface area (Å²) in [6.45, 7) is 1.65. The van der Waals surface area contributed by atoms with Gasteiger partial charge in [-0.3, -0.25) is 9.59 Å². The number of hydrogen-bond donors (Lipinski definition) is 0. The van der Waals surface area contributed by atoms with Crippen LogP contribution in [-0.4, -0.2) is 23.7 Å². The number of carbonyl (C=O) groups is 2. The molecular formula is C14H10Cl2O6. The molecule has 1 aromatic heterocycles. The number of alkyl halides is 2. The second-order valence-electron chi connectivity index (χ2n) is 4.26. The molecule has 0 saturated heterocycles. The Hall–Kier alpha value is -2.05. The van der Waals surface area contributed by atoms with E-state index in [0.717, 1.165) is 0 Å². The lowest BCUT2D eigenvalue weighted by molar-refractivity contribution is -0.132. The molecule has 0 bridgehead atoms. The maximum Gasteiger partial charge on any atom is 0.336 e. The van der Waals surface area contributed by atoms with E-state index in [1.165, 1.54) is 18.2 Å². The van der Waals surface area contributed by atoms with Gasteiger partial charge >= 0.3 is 17.6 Å². The van der Waals surface area contributed by atoms with Gasteiger partial charge in [0.2, 0.25) is 0 Å². The Bertz CT molecular complexity index is 796. The zero-order chi connectivity index (χ0) is 16.3. The lowest BCUT2D eigenvalue weighted by atomic mass is 10.1. The molecule has 1 heterocycles. The van der Waals surface area contributed by atoms with Gasteiger partial charge in [-0.25, -0.2) is 4.79 Å². The van der Waals surface area contributed by atoms with Gasteiger partial charge in [0.25, 0.3) is 0 Å². The Morgan fingerprint density at radius 3 is 2.36 bits per heavy atom. The summed E-state index contributed by atoms with van der Waals surface area (Å²) in [5.74, 6) is -2.01. The molecule has 0 atom stereocenters. The topological polar surface area (TPSA) is 82.8 Å². The van der Waals surface area contributed by atoms with Gasteiger partial charge in [0.05, 0.1) is 5.39 Å². The van der Waals surface area contributed by atoms with Gasteiger partial charge in [0.15, 0.2) is 0 Å². The van der Waals surface area contributed by atoms with Crippen molar-refractivity contribution in [3.05, 3.63) is 34.2 Å². The van der Waals surface area contributed by atoms with Crippen LogP contribution < -0.4 is 15.1 Å². The number of benzene rings is 1. The van der Waals surface area contributed by atoms with E-state index >= 15 is 0 Å². The number of fused-ring (bicyclic) bond motifs is 1. The monoisotopic (exact) mass is 344 g/mol. The van der Waals surface area contributed by atoms with Gasteiger partial charge in [0.1, 0.15) is 28.8 Å². The highest BCUT2D eigenvalue weighted by Crippen LogP contribution is 2.33. The minimum absolute atomic E-state index is 0.0317. The Kier molecular flexibility index (Phi) is 5.05. The van der Waals surface area contributed by atoms with Gasteiger partial charge in [0, 0.05) is 18.2 Å². The summed E-state index contributed by atoms with van der Waals surface area (Å²) in [7, 11) is 0. The van der Waals surface area contributed by atoms with E-state index in [2.05, 4.69) is 0 Å². The highest BCUT2D eigenvalue weighted by atomic mass is 35.5. The minimum atomic E-state index is -0.703. The molecular weight excluding hydrogens is 335 g/mol. The molecule has 116 valence electrons. The zero-order valence-electron chi connectivity index (χ0n) is 11.4. The van der Waals surface area contributed by atoms with Gasteiger partial charge in [-0.1, -0.05) is 0 Å². The third kappa shape index (κ3) is 3.58. The summed E-state index contributed by atoms with van der Waals surface area (Å²) in [6.07, 6.45) is 0. The van der Waals surface area contributed by atoms with Gasteiger partial charge in [-0.15, -0.1) is 23.2 Å². The fourth-order valence-corrected chi connectivity index (χ4v) is 1.98. The molecule has 0 aliphatic rings. The van der Waals surface area contributed by atoms with Crippen molar-refractivity contribution >= 4 is 46.1 Å². The first-order valence-corrected chi connectivity index (χ1v) is 7.13. The van der Waals surface area contributed by atoms with Crippen LogP contribution in [0.1, 0.15) is 5.56 Å². The molecule has 0 spiro atoms. The summed E-state index contributed by atoms with van der Waals surface area (Å²) in [5.41, 5.74) is 0.0709. The Morgan fingerprint density at radius 2 is 1.73 bits per heavy atom. The van der Waals surface area contributed by atoms with Crippen molar-refractivity contribution in [3.63, 3.8) is 0 Å². The molecule has 0 saturated carbocycles. The summed E-state index contributed by atoms with van der Waals surface area (Å²) in [5, 5.41) is 0.406. The van der Waals surface area contributed by atoms with Crippen LogP contribution in [0.25, 0.3) is 11.0 Å². The van der Waals surface area contributed by atoms with Crippen LogP contribution in [0.4, 0.5) is 0 Å². The smallest absolute Gasteiger partial charge is 0.336 e. The van der Waals surface area contributed by atoms with Crippen molar-refractivity contribution in [2.45, 2.75) is 6.92 Å². The van der Waals surface area contributed by atoms with Crippen molar-refractivity contribution in [3.8, 4) is 11.5 Å². The lowest BCUT2D eigenvalue weighted by Crippen LogP contribution is -2.12. The van der Waals surface area contributed by atoms with E-state index in [1.807, 2.05) is 0 Å². The van der Waals surface area contributed by atoms with Crippen molar-refractivity contribution in [1.29, 1.82) is 0 Å². The van der Waals surface area contributed by atoms with E-state index in [4.69, 9.17) is 37.1 Å². The second kappa shape index (κ2) is 6.81. The Morgan fingerprint density at radius 1 is 1.09 bits per heavy atom. The van der Waals surface area contributed by atoms with Crippen LogP contribution in [0.3, 0.4) is 0 Å². The van der Waals surface area contributed by atoms with Crippen molar-refractivity contribution < 1.29 is 23.5 Å². The predicted molar refractivity (Wildman–Crippen MR) is 79.9 cm³/mol. The third-order valence-corrected chi connectivity index (χ3v) is 3.09. The number of halogens is 2. The normalized spacial score (nSPS) is 10.5. The van der Waals surface area contributed by atoms with Gasteiger partial charge in [-0.2, -0.15) is 0 Å². The average Bonchev–Trinajstić information content (AvgIpc) is 2.45. The average molecular weight is 345 g/mol. The van der Waals surface area contributed by atoms with Crippen molar-refractivity contribution in [1.82, 2.24) is 0 Å². The van der Waals surface area contributed by atoms with Crippen LogP contribution in [-0.2, 0) is 9.59 Å². The second-order valence-corrected chi connectivity index (χ2v) is 4.79. The maximum atomic E-state index is 11.5. The summed E-state index contributed by atoms with van der Waals surface area (Å²) in [4.78, 5) is 34.1. The summed E-state index contributed by atoms with van der Waals surface area (Å²) < 4.78 is 15.1. The van der Waals surface area contributed by atoms with E-state index in [0.29, 0.717) is 10.9 Å². The molecule has 0 aliphatic carbocycles. The standard InChI is InChI=1S/C14H10Cl2O6/c1-7-2-11(17)21-9-3-8(20-12(18)5-15)4-10(14(7)9)22-13(19)6-16/h2-4H,5-6H2,1H3. The number of carbonyl (C=O) groups excluding carboxylic acids is 2. The lowest BCUT2D eigenvalue weighted by Gasteiger charge is -2.10. The molecule has 0 amide bonds. The summed E-state index contributed by atoms with van der Waals surface area (Å²) in [6, 6.07) is 3.92. The first-order valence-electron chi connectivity index (χ1n) is 6.06. The van der Waals surface area contributed by atoms with E-state index in [-0.39, 0.29) is 28.8 Å². The van der Waals surface area contributed by atoms with E-state index in [1.54, 1.807) is 6.92 Å². The Balaban J connectivity index is 2.63.